The summed E-state index contributed by atoms with van der Waals surface area (Å²) in [5.41, 5.74) is 1.27. The number of nitrogens with one attached hydrogen (secondary N) is 1. The third kappa shape index (κ3) is 3.92. The van der Waals surface area contributed by atoms with Crippen molar-refractivity contribution in [2.75, 3.05) is 31.7 Å². The van der Waals surface area contributed by atoms with Crippen molar-refractivity contribution < 1.29 is 19.1 Å². The lowest BCUT2D eigenvalue weighted by Gasteiger charge is -2.33. The highest BCUT2D eigenvalue weighted by atomic mass is 32.1. The van der Waals surface area contributed by atoms with Gasteiger partial charge >= 0.3 is 11.9 Å². The van der Waals surface area contributed by atoms with E-state index in [1.807, 2.05) is 11.5 Å². The number of hydrogen-bond acceptors (Lipinski definition) is 9. The van der Waals surface area contributed by atoms with Crippen LogP contribution in [0.2, 0.25) is 0 Å². The molecule has 0 aliphatic carbocycles. The number of aryl methyl sites for hydroxylation is 1. The molecule has 10 nitrogen and oxygen atoms in total. The number of aromatic amines is 1. The van der Waals surface area contributed by atoms with Crippen LogP contribution in [0, 0.1) is 6.92 Å². The van der Waals surface area contributed by atoms with Crippen LogP contribution in [-0.2, 0) is 9.47 Å². The van der Waals surface area contributed by atoms with Gasteiger partial charge in [-0.3, -0.25) is 4.79 Å². The van der Waals surface area contributed by atoms with E-state index in [-0.39, 0.29) is 23.1 Å². The molecule has 31 heavy (non-hydrogen) atoms. The monoisotopic (exact) mass is 445 g/mol. The number of anilines is 1. The molecule has 0 atom stereocenters. The van der Waals surface area contributed by atoms with Gasteiger partial charge in [0, 0.05) is 31.5 Å². The number of H-pyrrole nitrogens is 1. The van der Waals surface area contributed by atoms with Gasteiger partial charge in [-0.05, 0) is 26.7 Å². The van der Waals surface area contributed by atoms with Gasteiger partial charge in [-0.25, -0.2) is 19.7 Å². The summed E-state index contributed by atoms with van der Waals surface area (Å²) in [5.74, 6) is -0.876. The Hall–Kier alpha value is -3.21. The molecule has 0 spiro atoms. The lowest BCUT2D eigenvalue weighted by atomic mass is 10.0. The van der Waals surface area contributed by atoms with E-state index in [4.69, 9.17) is 9.47 Å². The van der Waals surface area contributed by atoms with E-state index < -0.39 is 5.97 Å². The zero-order valence-electron chi connectivity index (χ0n) is 17.5. The molecule has 3 aliphatic rings. The molecule has 1 aromatic rings. The van der Waals surface area contributed by atoms with E-state index in [1.54, 1.807) is 19.3 Å². The van der Waals surface area contributed by atoms with Crippen LogP contribution in [0.3, 0.4) is 0 Å². The molecule has 4 rings (SSSR count). The number of carbonyl (C=O) groups is 2. The number of hydrogen-bond donors (Lipinski definition) is 1. The van der Waals surface area contributed by atoms with Crippen molar-refractivity contribution in [3.05, 3.63) is 38.9 Å². The fraction of sp³-hybridized carbons (Fsp3) is 0.450. The minimum absolute atomic E-state index is 0.101. The first-order chi connectivity index (χ1) is 14.9. The van der Waals surface area contributed by atoms with E-state index in [2.05, 4.69) is 20.1 Å². The number of rotatable bonds is 5. The van der Waals surface area contributed by atoms with Gasteiger partial charge in [0.25, 0.3) is 5.56 Å². The third-order valence-electron chi connectivity index (χ3n) is 5.39. The maximum atomic E-state index is 12.2. The first-order valence-corrected chi connectivity index (χ1v) is 10.8. The van der Waals surface area contributed by atoms with Crippen LogP contribution in [0.4, 0.5) is 5.13 Å². The van der Waals surface area contributed by atoms with Crippen LogP contribution in [0.25, 0.3) is 11.3 Å². The second kappa shape index (κ2) is 8.50. The van der Waals surface area contributed by atoms with E-state index in [0.717, 1.165) is 31.1 Å². The molecule has 0 radical (unpaired) electrons. The molecule has 164 valence electrons. The molecule has 0 unspecified atom stereocenters. The van der Waals surface area contributed by atoms with E-state index in [0.29, 0.717) is 28.4 Å². The number of methoxy groups -OCH3 is 1. The zero-order chi connectivity index (χ0) is 22.1. The highest BCUT2D eigenvalue weighted by Gasteiger charge is 2.28. The standard InChI is InChI=1S/C20H23N5O5S/c1-4-30-19(28)16-11(2)21-20(31-16)24-7-5-12(6-8-24)25-9-13-15(22-23-17(13)26)14(10-25)18(27)29-3/h9-10,12H,4-8H2,1-3H3,(H,23,26). The van der Waals surface area contributed by atoms with Crippen molar-refractivity contribution in [3.63, 3.8) is 0 Å². The van der Waals surface area contributed by atoms with Crippen molar-refractivity contribution >= 4 is 28.4 Å². The maximum Gasteiger partial charge on any atom is 0.350 e. The number of carbonyl (C=O) groups excluding carboxylic acids is 2. The smallest absolute Gasteiger partial charge is 0.350 e. The van der Waals surface area contributed by atoms with Gasteiger partial charge in [-0.2, -0.15) is 5.10 Å². The van der Waals surface area contributed by atoms with Gasteiger partial charge in [0.1, 0.15) is 16.1 Å². The van der Waals surface area contributed by atoms with Gasteiger partial charge in [-0.15, -0.1) is 0 Å². The fourth-order valence-electron chi connectivity index (χ4n) is 3.79. The number of esters is 2. The van der Waals surface area contributed by atoms with Gasteiger partial charge in [0.2, 0.25) is 0 Å². The van der Waals surface area contributed by atoms with Crippen molar-refractivity contribution in [1.29, 1.82) is 0 Å². The lowest BCUT2D eigenvalue weighted by Crippen LogP contribution is -2.34. The molecular formula is C20H23N5O5S. The molecule has 1 saturated heterocycles. The van der Waals surface area contributed by atoms with Crippen molar-refractivity contribution in [1.82, 2.24) is 19.7 Å². The minimum atomic E-state index is -0.534. The predicted octanol–water partition coefficient (Wildman–Crippen LogP) is 2.25. The number of nitrogens with zero attached hydrogens (tertiary/aromatic N) is 4. The van der Waals surface area contributed by atoms with Gasteiger partial charge in [0.15, 0.2) is 5.13 Å². The van der Waals surface area contributed by atoms with Crippen LogP contribution in [0.1, 0.15) is 51.5 Å². The highest BCUT2D eigenvalue weighted by molar-refractivity contribution is 7.17. The lowest BCUT2D eigenvalue weighted by molar-refractivity contribution is 0.0529. The minimum Gasteiger partial charge on any atom is -0.465 e. The number of piperidine rings is 1. The van der Waals surface area contributed by atoms with Crippen LogP contribution in [0.5, 0.6) is 0 Å². The summed E-state index contributed by atoms with van der Waals surface area (Å²) < 4.78 is 11.9. The van der Waals surface area contributed by atoms with Gasteiger partial charge in [-0.1, -0.05) is 11.3 Å². The SMILES string of the molecule is CCOC(=O)c1sc(N2CCC(n3cc(C(=O)OC)c4n[nH]c(=O)c-4c3)CC2)nc1C. The summed E-state index contributed by atoms with van der Waals surface area (Å²) in [7, 11) is 1.30. The molecule has 1 N–H and O–H groups in total. The molecule has 1 fully saturated rings. The molecule has 0 bridgehead atoms. The Labute approximate surface area is 182 Å². The Balaban J connectivity index is 1.54. The molecule has 4 heterocycles. The topological polar surface area (TPSA) is 119 Å². The van der Waals surface area contributed by atoms with E-state index >= 15 is 0 Å². The summed E-state index contributed by atoms with van der Waals surface area (Å²) in [6, 6.07) is 0.101. The summed E-state index contributed by atoms with van der Waals surface area (Å²) in [5, 5.41) is 7.16. The van der Waals surface area contributed by atoms with Crippen molar-refractivity contribution in [2.45, 2.75) is 32.7 Å². The fourth-order valence-corrected chi connectivity index (χ4v) is 4.80. The summed E-state index contributed by atoms with van der Waals surface area (Å²) >= 11 is 1.34. The van der Waals surface area contributed by atoms with Crippen LogP contribution < -0.4 is 10.5 Å². The Morgan fingerprint density at radius 1 is 1.26 bits per heavy atom. The third-order valence-corrected chi connectivity index (χ3v) is 6.59. The van der Waals surface area contributed by atoms with Gasteiger partial charge < -0.3 is 18.9 Å². The Morgan fingerprint density at radius 3 is 2.68 bits per heavy atom. The average molecular weight is 446 g/mol. The number of ether oxygens (including phenoxy) is 2. The molecule has 3 aliphatic heterocycles. The maximum absolute atomic E-state index is 12.2. The Kier molecular flexibility index (Phi) is 5.77. The molecule has 0 amide bonds. The molecule has 0 saturated carbocycles. The second-order valence-electron chi connectivity index (χ2n) is 7.28. The van der Waals surface area contributed by atoms with E-state index in [9.17, 15) is 14.4 Å². The molecule has 0 aromatic carbocycles. The number of aromatic nitrogens is 4. The molecule has 11 heteroatoms. The van der Waals surface area contributed by atoms with Crippen LogP contribution in [0.15, 0.2) is 17.2 Å². The second-order valence-corrected chi connectivity index (χ2v) is 8.25. The number of pyridine rings is 1. The first kappa shape index (κ1) is 21.0. The quantitative estimate of drug-likeness (QED) is 0.594. The highest BCUT2D eigenvalue weighted by Crippen LogP contribution is 2.33. The normalized spacial score (nSPS) is 14.7. The Morgan fingerprint density at radius 2 is 2.00 bits per heavy atom. The van der Waals surface area contributed by atoms with Crippen LogP contribution >= 0.6 is 11.3 Å². The zero-order valence-corrected chi connectivity index (χ0v) is 18.3. The molecule has 1 aromatic heterocycles. The largest absolute Gasteiger partial charge is 0.465 e. The average Bonchev–Trinajstić information content (AvgIpc) is 3.36. The predicted molar refractivity (Wildman–Crippen MR) is 114 cm³/mol. The molecular weight excluding hydrogens is 422 g/mol. The number of thiazole rings is 1. The van der Waals surface area contributed by atoms with Crippen molar-refractivity contribution in [3.8, 4) is 11.3 Å². The van der Waals surface area contributed by atoms with E-state index in [1.165, 1.54) is 18.4 Å². The summed E-state index contributed by atoms with van der Waals surface area (Å²) in [6.45, 7) is 5.37. The van der Waals surface area contributed by atoms with Crippen LogP contribution in [-0.4, -0.2) is 58.5 Å². The number of fused-ring (bicyclic) bond motifs is 1. The Bertz CT molecular complexity index is 1140. The first-order valence-electron chi connectivity index (χ1n) is 10.0. The summed E-state index contributed by atoms with van der Waals surface area (Å²) in [4.78, 5) is 43.6. The summed E-state index contributed by atoms with van der Waals surface area (Å²) in [6.07, 6.45) is 5.01. The van der Waals surface area contributed by atoms with Gasteiger partial charge in [0.05, 0.1) is 25.0 Å². The van der Waals surface area contributed by atoms with Crippen molar-refractivity contribution in [2.24, 2.45) is 0 Å².